The van der Waals surface area contributed by atoms with E-state index in [9.17, 15) is 9.59 Å². The molecule has 1 aliphatic rings. The molecule has 1 aliphatic carbocycles. The summed E-state index contributed by atoms with van der Waals surface area (Å²) in [4.78, 5) is 23.1. The SMILES string of the molecule is O=C(O)c1ccc(C(=O)NCCC2=CCCC2)s1. The molecule has 5 heteroatoms. The van der Waals surface area contributed by atoms with E-state index in [1.54, 1.807) is 6.07 Å². The van der Waals surface area contributed by atoms with Crippen LogP contribution in [0.3, 0.4) is 0 Å². The van der Waals surface area contributed by atoms with Gasteiger partial charge in [0.2, 0.25) is 0 Å². The van der Waals surface area contributed by atoms with E-state index in [1.807, 2.05) is 0 Å². The zero-order valence-corrected chi connectivity index (χ0v) is 10.8. The zero-order chi connectivity index (χ0) is 13.0. The molecule has 1 amide bonds. The maximum absolute atomic E-state index is 11.7. The smallest absolute Gasteiger partial charge is 0.345 e. The van der Waals surface area contributed by atoms with Crippen LogP contribution in [0.1, 0.15) is 45.0 Å². The minimum absolute atomic E-state index is 0.189. The zero-order valence-electron chi connectivity index (χ0n) is 9.94. The fourth-order valence-electron chi connectivity index (χ4n) is 1.96. The van der Waals surface area contributed by atoms with Crippen molar-refractivity contribution in [1.29, 1.82) is 0 Å². The molecule has 1 aromatic rings. The predicted octanol–water partition coefficient (Wildman–Crippen LogP) is 2.68. The molecular weight excluding hydrogens is 250 g/mol. The number of hydrogen-bond donors (Lipinski definition) is 2. The highest BCUT2D eigenvalue weighted by Crippen LogP contribution is 2.20. The first-order chi connectivity index (χ1) is 8.66. The van der Waals surface area contributed by atoms with Crippen LogP contribution >= 0.6 is 11.3 Å². The normalized spacial score (nSPS) is 14.3. The van der Waals surface area contributed by atoms with Gasteiger partial charge in [-0.15, -0.1) is 11.3 Å². The van der Waals surface area contributed by atoms with E-state index in [4.69, 9.17) is 5.11 Å². The number of rotatable bonds is 5. The molecule has 1 aromatic heterocycles. The molecule has 2 N–H and O–H groups in total. The Bertz CT molecular complexity index is 490. The first-order valence-electron chi connectivity index (χ1n) is 5.96. The van der Waals surface area contributed by atoms with Gasteiger partial charge in [0, 0.05) is 6.54 Å². The highest BCUT2D eigenvalue weighted by atomic mass is 32.1. The number of carbonyl (C=O) groups is 2. The van der Waals surface area contributed by atoms with Crippen LogP contribution in [0.4, 0.5) is 0 Å². The van der Waals surface area contributed by atoms with Gasteiger partial charge in [0.1, 0.15) is 4.88 Å². The van der Waals surface area contributed by atoms with Gasteiger partial charge in [0.25, 0.3) is 5.91 Å². The summed E-state index contributed by atoms with van der Waals surface area (Å²) >= 11 is 1.01. The van der Waals surface area contributed by atoms with Crippen molar-refractivity contribution in [1.82, 2.24) is 5.32 Å². The first kappa shape index (κ1) is 12.8. The summed E-state index contributed by atoms with van der Waals surface area (Å²) < 4.78 is 0. The quantitative estimate of drug-likeness (QED) is 0.804. The van der Waals surface area contributed by atoms with E-state index < -0.39 is 5.97 Å². The van der Waals surface area contributed by atoms with E-state index in [0.717, 1.165) is 30.6 Å². The number of carbonyl (C=O) groups excluding carboxylic acids is 1. The number of carboxylic acids is 1. The first-order valence-corrected chi connectivity index (χ1v) is 6.77. The maximum atomic E-state index is 11.7. The standard InChI is InChI=1S/C13H15NO3S/c15-12(10-5-6-11(18-10)13(16)17)14-8-7-9-3-1-2-4-9/h3,5-6H,1-2,4,7-8H2,(H,14,15)(H,16,17). The second-order valence-electron chi connectivity index (χ2n) is 4.23. The Morgan fingerprint density at radius 3 is 2.72 bits per heavy atom. The Morgan fingerprint density at radius 1 is 1.33 bits per heavy atom. The Balaban J connectivity index is 1.81. The molecule has 0 atom stereocenters. The van der Waals surface area contributed by atoms with E-state index in [1.165, 1.54) is 18.1 Å². The van der Waals surface area contributed by atoms with Crippen LogP contribution in [0.15, 0.2) is 23.8 Å². The summed E-state index contributed by atoms with van der Waals surface area (Å²) in [6.45, 7) is 0.616. The lowest BCUT2D eigenvalue weighted by molar-refractivity contribution is 0.0702. The lowest BCUT2D eigenvalue weighted by Crippen LogP contribution is -2.23. The van der Waals surface area contributed by atoms with Crippen molar-refractivity contribution >= 4 is 23.2 Å². The highest BCUT2D eigenvalue weighted by molar-refractivity contribution is 7.15. The van der Waals surface area contributed by atoms with E-state index in [0.29, 0.717) is 11.4 Å². The number of nitrogens with one attached hydrogen (secondary N) is 1. The third kappa shape index (κ3) is 3.20. The molecule has 4 nitrogen and oxygen atoms in total. The number of amides is 1. The van der Waals surface area contributed by atoms with Gasteiger partial charge in [-0.25, -0.2) is 4.79 Å². The van der Waals surface area contributed by atoms with Crippen LogP contribution in [0.25, 0.3) is 0 Å². The summed E-state index contributed by atoms with van der Waals surface area (Å²) in [5.41, 5.74) is 1.41. The van der Waals surface area contributed by atoms with Gasteiger partial charge in [0.05, 0.1) is 4.88 Å². The molecule has 0 unspecified atom stereocenters. The van der Waals surface area contributed by atoms with Crippen molar-refractivity contribution in [2.75, 3.05) is 6.54 Å². The predicted molar refractivity (Wildman–Crippen MR) is 70.2 cm³/mol. The van der Waals surface area contributed by atoms with E-state index in [-0.39, 0.29) is 10.8 Å². The fraction of sp³-hybridized carbons (Fsp3) is 0.385. The molecule has 0 aromatic carbocycles. The second kappa shape index (κ2) is 5.82. The third-order valence-electron chi connectivity index (χ3n) is 2.91. The molecular formula is C13H15NO3S. The van der Waals surface area contributed by atoms with Gasteiger partial charge >= 0.3 is 5.97 Å². The van der Waals surface area contributed by atoms with Crippen molar-refractivity contribution < 1.29 is 14.7 Å². The van der Waals surface area contributed by atoms with Gasteiger partial charge in [-0.05, 0) is 37.8 Å². The topological polar surface area (TPSA) is 66.4 Å². The minimum atomic E-state index is -0.991. The lowest BCUT2D eigenvalue weighted by atomic mass is 10.2. The van der Waals surface area contributed by atoms with Crippen molar-refractivity contribution in [2.24, 2.45) is 0 Å². The molecule has 0 radical (unpaired) electrons. The van der Waals surface area contributed by atoms with Crippen LogP contribution in [0.5, 0.6) is 0 Å². The number of carboxylic acid groups (broad SMARTS) is 1. The molecule has 0 fully saturated rings. The fourth-order valence-corrected chi connectivity index (χ4v) is 2.72. The molecule has 0 aliphatic heterocycles. The Kier molecular flexibility index (Phi) is 4.15. The summed E-state index contributed by atoms with van der Waals surface area (Å²) in [7, 11) is 0. The van der Waals surface area contributed by atoms with Crippen LogP contribution in [0, 0.1) is 0 Å². The Morgan fingerprint density at radius 2 is 2.11 bits per heavy atom. The molecule has 0 saturated carbocycles. The second-order valence-corrected chi connectivity index (χ2v) is 5.31. The molecule has 18 heavy (non-hydrogen) atoms. The van der Waals surface area contributed by atoms with Crippen molar-refractivity contribution in [3.63, 3.8) is 0 Å². The highest BCUT2D eigenvalue weighted by Gasteiger charge is 2.12. The monoisotopic (exact) mass is 265 g/mol. The van der Waals surface area contributed by atoms with Crippen LogP contribution in [-0.4, -0.2) is 23.5 Å². The summed E-state index contributed by atoms with van der Waals surface area (Å²) in [5, 5.41) is 11.6. The molecule has 96 valence electrons. The molecule has 1 heterocycles. The van der Waals surface area contributed by atoms with Gasteiger partial charge < -0.3 is 10.4 Å². The number of hydrogen-bond acceptors (Lipinski definition) is 3. The third-order valence-corrected chi connectivity index (χ3v) is 3.98. The summed E-state index contributed by atoms with van der Waals surface area (Å²) in [6.07, 6.45) is 6.63. The van der Waals surface area contributed by atoms with Gasteiger partial charge in [-0.3, -0.25) is 4.79 Å². The average molecular weight is 265 g/mol. The van der Waals surface area contributed by atoms with Crippen LogP contribution in [0.2, 0.25) is 0 Å². The Hall–Kier alpha value is -1.62. The van der Waals surface area contributed by atoms with Crippen LogP contribution < -0.4 is 5.32 Å². The molecule has 2 rings (SSSR count). The minimum Gasteiger partial charge on any atom is -0.477 e. The largest absolute Gasteiger partial charge is 0.477 e. The van der Waals surface area contributed by atoms with Gasteiger partial charge in [-0.2, -0.15) is 0 Å². The lowest BCUT2D eigenvalue weighted by Gasteiger charge is -2.04. The van der Waals surface area contributed by atoms with Gasteiger partial charge in [-0.1, -0.05) is 11.6 Å². The molecule has 0 bridgehead atoms. The summed E-state index contributed by atoms with van der Waals surface area (Å²) in [6, 6.07) is 3.01. The number of aromatic carboxylic acids is 1. The summed E-state index contributed by atoms with van der Waals surface area (Å²) in [5.74, 6) is -1.18. The maximum Gasteiger partial charge on any atom is 0.345 e. The molecule has 0 saturated heterocycles. The average Bonchev–Trinajstić information content (AvgIpc) is 2.99. The van der Waals surface area contributed by atoms with Crippen LogP contribution in [-0.2, 0) is 0 Å². The number of allylic oxidation sites excluding steroid dienone is 1. The number of thiophene rings is 1. The molecule has 0 spiro atoms. The Labute approximate surface area is 109 Å². The van der Waals surface area contributed by atoms with Crippen molar-refractivity contribution in [2.45, 2.75) is 25.7 Å². The van der Waals surface area contributed by atoms with E-state index >= 15 is 0 Å². The van der Waals surface area contributed by atoms with E-state index in [2.05, 4.69) is 11.4 Å². The van der Waals surface area contributed by atoms with Gasteiger partial charge in [0.15, 0.2) is 0 Å². The van der Waals surface area contributed by atoms with Crippen molar-refractivity contribution in [3.8, 4) is 0 Å². The van der Waals surface area contributed by atoms with Crippen molar-refractivity contribution in [3.05, 3.63) is 33.5 Å².